The third kappa shape index (κ3) is 4.18. The number of rotatable bonds is 5. The monoisotopic (exact) mass is 436 g/mol. The smallest absolute Gasteiger partial charge is 0.290 e. The molecule has 0 radical (unpaired) electrons. The van der Waals surface area contributed by atoms with E-state index in [4.69, 9.17) is 4.74 Å². The quantitative estimate of drug-likeness (QED) is 0.523. The molecule has 1 fully saturated rings. The van der Waals surface area contributed by atoms with E-state index in [1.54, 1.807) is 25.3 Å². The lowest BCUT2D eigenvalue weighted by Gasteiger charge is -2.20. The molecular formula is C24H21FN2O3S. The van der Waals surface area contributed by atoms with E-state index in [-0.39, 0.29) is 28.8 Å². The van der Waals surface area contributed by atoms with Crippen molar-refractivity contribution in [3.05, 3.63) is 70.9 Å². The van der Waals surface area contributed by atoms with Gasteiger partial charge in [0.25, 0.3) is 11.1 Å². The van der Waals surface area contributed by atoms with Gasteiger partial charge in [0.05, 0.1) is 17.7 Å². The summed E-state index contributed by atoms with van der Waals surface area (Å²) in [6, 6.07) is 14.3. The SMILES string of the molecule is COc1nc(-c2ccc3cccc(F)c3c2)ccc1C(C=C1SC(=O)NC1=O)C(C)C. The van der Waals surface area contributed by atoms with Crippen molar-refractivity contribution in [2.45, 2.75) is 19.8 Å². The van der Waals surface area contributed by atoms with Crippen LogP contribution >= 0.6 is 11.8 Å². The molecule has 1 aliphatic rings. The van der Waals surface area contributed by atoms with Gasteiger partial charge in [-0.25, -0.2) is 9.37 Å². The number of nitrogens with zero attached hydrogens (tertiary/aromatic N) is 1. The molecule has 1 aliphatic heterocycles. The molecule has 1 N–H and O–H groups in total. The standard InChI is InChI=1S/C24H21FN2O3S/c1-13(2)17(12-21-22(28)27-24(29)31-21)16-9-10-20(26-23(16)30-3)15-8-7-14-5-4-6-19(25)18(14)11-15/h4-13,17H,1-3H3,(H,27,28,29). The average Bonchev–Trinajstić information content (AvgIpc) is 3.08. The number of thioether (sulfide) groups is 1. The van der Waals surface area contributed by atoms with Gasteiger partial charge in [0, 0.05) is 22.4 Å². The minimum absolute atomic E-state index is 0.132. The predicted octanol–water partition coefficient (Wildman–Crippen LogP) is 5.66. The minimum atomic E-state index is -0.387. The Bertz CT molecular complexity index is 1220. The Labute approximate surface area is 183 Å². The van der Waals surface area contributed by atoms with Gasteiger partial charge in [-0.1, -0.05) is 50.3 Å². The molecule has 5 nitrogen and oxygen atoms in total. The summed E-state index contributed by atoms with van der Waals surface area (Å²) in [5.74, 6) is -0.285. The second-order valence-corrected chi connectivity index (χ2v) is 8.63. The first kappa shape index (κ1) is 21.1. The molecule has 1 atom stereocenters. The third-order valence-corrected chi connectivity index (χ3v) is 6.09. The van der Waals surface area contributed by atoms with Crippen LogP contribution in [0.5, 0.6) is 5.88 Å². The Morgan fingerprint density at radius 2 is 1.94 bits per heavy atom. The van der Waals surface area contributed by atoms with Gasteiger partial charge >= 0.3 is 0 Å². The molecule has 3 aromatic rings. The number of allylic oxidation sites excluding steroid dienone is 1. The van der Waals surface area contributed by atoms with E-state index in [0.717, 1.165) is 28.3 Å². The van der Waals surface area contributed by atoms with Gasteiger partial charge < -0.3 is 4.74 Å². The molecule has 1 unspecified atom stereocenters. The zero-order valence-electron chi connectivity index (χ0n) is 17.3. The number of carbonyl (C=O) groups excluding carboxylic acids is 2. The van der Waals surface area contributed by atoms with Crippen molar-refractivity contribution in [3.8, 4) is 17.1 Å². The molecule has 4 rings (SSSR count). The van der Waals surface area contributed by atoms with Crippen molar-refractivity contribution in [3.63, 3.8) is 0 Å². The molecule has 2 heterocycles. The third-order valence-electron chi connectivity index (χ3n) is 5.26. The van der Waals surface area contributed by atoms with Crippen LogP contribution in [0.3, 0.4) is 0 Å². The number of fused-ring (bicyclic) bond motifs is 1. The Morgan fingerprint density at radius 1 is 1.13 bits per heavy atom. The second kappa shape index (κ2) is 8.51. The summed E-state index contributed by atoms with van der Waals surface area (Å²) in [7, 11) is 1.54. The van der Waals surface area contributed by atoms with Crippen molar-refractivity contribution >= 4 is 33.7 Å². The Morgan fingerprint density at radius 3 is 2.61 bits per heavy atom. The van der Waals surface area contributed by atoms with Crippen LogP contribution < -0.4 is 10.1 Å². The zero-order valence-corrected chi connectivity index (χ0v) is 18.1. The first-order valence-electron chi connectivity index (χ1n) is 9.86. The number of hydrogen-bond donors (Lipinski definition) is 1. The van der Waals surface area contributed by atoms with Gasteiger partial charge in [-0.15, -0.1) is 0 Å². The van der Waals surface area contributed by atoms with Crippen LogP contribution in [0.2, 0.25) is 0 Å². The maximum Gasteiger partial charge on any atom is 0.290 e. The zero-order chi connectivity index (χ0) is 22.1. The van der Waals surface area contributed by atoms with Gasteiger partial charge in [0.15, 0.2) is 0 Å². The number of pyridine rings is 1. The summed E-state index contributed by atoms with van der Waals surface area (Å²) in [4.78, 5) is 28.6. The normalized spacial score (nSPS) is 16.2. The molecule has 158 valence electrons. The highest BCUT2D eigenvalue weighted by molar-refractivity contribution is 8.18. The number of halogens is 1. The lowest BCUT2D eigenvalue weighted by Crippen LogP contribution is -2.18. The van der Waals surface area contributed by atoms with E-state index in [1.165, 1.54) is 6.07 Å². The van der Waals surface area contributed by atoms with Gasteiger partial charge in [-0.2, -0.15) is 0 Å². The van der Waals surface area contributed by atoms with E-state index in [1.807, 2.05) is 44.2 Å². The highest BCUT2D eigenvalue weighted by Gasteiger charge is 2.28. The van der Waals surface area contributed by atoms with E-state index in [9.17, 15) is 14.0 Å². The summed E-state index contributed by atoms with van der Waals surface area (Å²) < 4.78 is 19.8. The maximum absolute atomic E-state index is 14.2. The highest BCUT2D eigenvalue weighted by Crippen LogP contribution is 2.37. The predicted molar refractivity (Wildman–Crippen MR) is 120 cm³/mol. The van der Waals surface area contributed by atoms with Crippen LogP contribution in [-0.4, -0.2) is 23.2 Å². The molecule has 1 aromatic heterocycles. The molecular weight excluding hydrogens is 415 g/mol. The fourth-order valence-corrected chi connectivity index (χ4v) is 4.37. The topological polar surface area (TPSA) is 68.3 Å². The molecule has 0 saturated carbocycles. The first-order chi connectivity index (χ1) is 14.9. The lowest BCUT2D eigenvalue weighted by atomic mass is 9.88. The van der Waals surface area contributed by atoms with Crippen LogP contribution in [0.1, 0.15) is 25.3 Å². The van der Waals surface area contributed by atoms with E-state index in [0.29, 0.717) is 21.9 Å². The molecule has 7 heteroatoms. The van der Waals surface area contributed by atoms with Gasteiger partial charge in [-0.05, 0) is 41.3 Å². The van der Waals surface area contributed by atoms with Crippen molar-refractivity contribution in [2.75, 3.05) is 7.11 Å². The van der Waals surface area contributed by atoms with Crippen molar-refractivity contribution in [1.29, 1.82) is 0 Å². The van der Waals surface area contributed by atoms with Crippen LogP contribution in [0.15, 0.2) is 59.5 Å². The lowest BCUT2D eigenvalue weighted by molar-refractivity contribution is -0.115. The van der Waals surface area contributed by atoms with E-state index < -0.39 is 0 Å². The fourth-order valence-electron chi connectivity index (χ4n) is 3.66. The summed E-state index contributed by atoms with van der Waals surface area (Å²) in [6.07, 6.45) is 1.79. The molecule has 0 bridgehead atoms. The molecule has 31 heavy (non-hydrogen) atoms. The number of carbonyl (C=O) groups is 2. The number of benzene rings is 2. The number of methoxy groups -OCH3 is 1. The largest absolute Gasteiger partial charge is 0.481 e. The molecule has 0 spiro atoms. The number of imide groups is 1. The van der Waals surface area contributed by atoms with Crippen LogP contribution in [0.25, 0.3) is 22.0 Å². The van der Waals surface area contributed by atoms with Crippen LogP contribution in [0, 0.1) is 11.7 Å². The summed E-state index contributed by atoms with van der Waals surface area (Å²) in [5, 5.41) is 3.26. The van der Waals surface area contributed by atoms with Crippen LogP contribution in [-0.2, 0) is 4.79 Å². The second-order valence-electron chi connectivity index (χ2n) is 7.62. The Kier molecular flexibility index (Phi) is 5.78. The van der Waals surface area contributed by atoms with Gasteiger partial charge in [0.2, 0.25) is 5.88 Å². The van der Waals surface area contributed by atoms with Crippen molar-refractivity contribution < 1.29 is 18.7 Å². The number of ether oxygens (including phenoxy) is 1. The summed E-state index contributed by atoms with van der Waals surface area (Å²) in [6.45, 7) is 4.06. The van der Waals surface area contributed by atoms with Crippen LogP contribution in [0.4, 0.5) is 9.18 Å². The van der Waals surface area contributed by atoms with Gasteiger partial charge in [0.1, 0.15) is 5.82 Å². The summed E-state index contributed by atoms with van der Waals surface area (Å²) in [5.41, 5.74) is 2.25. The Hall–Kier alpha value is -3.19. The number of amides is 2. The molecule has 1 saturated heterocycles. The molecule has 0 aliphatic carbocycles. The number of hydrogen-bond acceptors (Lipinski definition) is 5. The molecule has 2 aromatic carbocycles. The minimum Gasteiger partial charge on any atom is -0.481 e. The summed E-state index contributed by atoms with van der Waals surface area (Å²) >= 11 is 0.895. The maximum atomic E-state index is 14.2. The number of aromatic nitrogens is 1. The van der Waals surface area contributed by atoms with E-state index in [2.05, 4.69) is 10.3 Å². The first-order valence-corrected chi connectivity index (χ1v) is 10.7. The molecule has 2 amide bonds. The highest BCUT2D eigenvalue weighted by atomic mass is 32.2. The Balaban J connectivity index is 1.75. The van der Waals surface area contributed by atoms with Gasteiger partial charge in [-0.3, -0.25) is 14.9 Å². The van der Waals surface area contributed by atoms with E-state index >= 15 is 0 Å². The van der Waals surface area contributed by atoms with Crippen molar-refractivity contribution in [2.24, 2.45) is 5.92 Å². The van der Waals surface area contributed by atoms with Crippen molar-refractivity contribution in [1.82, 2.24) is 10.3 Å². The average molecular weight is 437 g/mol. The fraction of sp³-hybridized carbons (Fsp3) is 0.208. The number of nitrogens with one attached hydrogen (secondary N) is 1.